The van der Waals surface area contributed by atoms with E-state index in [2.05, 4.69) is 51.2 Å². The van der Waals surface area contributed by atoms with Gasteiger partial charge in [0.2, 0.25) is 0 Å². The highest BCUT2D eigenvalue weighted by molar-refractivity contribution is 7.99. The molecular formula is C15H25NS. The summed E-state index contributed by atoms with van der Waals surface area (Å²) in [5.41, 5.74) is 2.76. The molecule has 1 atom stereocenters. The fraction of sp³-hybridized carbons (Fsp3) is 0.600. The molecule has 1 rings (SSSR count). The van der Waals surface area contributed by atoms with Crippen molar-refractivity contribution >= 4 is 11.8 Å². The molecule has 0 saturated carbocycles. The topological polar surface area (TPSA) is 12.0 Å². The Hall–Kier alpha value is -0.470. The summed E-state index contributed by atoms with van der Waals surface area (Å²) in [4.78, 5) is 1.43. The summed E-state index contributed by atoms with van der Waals surface area (Å²) in [6.45, 7) is 11.2. The van der Waals surface area contributed by atoms with Crippen LogP contribution >= 0.6 is 11.8 Å². The highest BCUT2D eigenvalue weighted by atomic mass is 32.2. The van der Waals surface area contributed by atoms with Gasteiger partial charge in [-0.1, -0.05) is 31.5 Å². The first kappa shape index (κ1) is 14.6. The third-order valence-corrected chi connectivity index (χ3v) is 4.28. The Morgan fingerprint density at radius 2 is 2.06 bits per heavy atom. The molecule has 0 aliphatic carbocycles. The summed E-state index contributed by atoms with van der Waals surface area (Å²) in [6.07, 6.45) is 1.22. The second kappa shape index (κ2) is 7.78. The van der Waals surface area contributed by atoms with E-state index in [-0.39, 0.29) is 0 Å². The molecule has 0 aliphatic rings. The molecule has 2 heteroatoms. The first-order valence-electron chi connectivity index (χ1n) is 6.54. The highest BCUT2D eigenvalue weighted by Gasteiger charge is 2.04. The maximum atomic E-state index is 3.48. The number of nitrogens with one attached hydrogen (secondary N) is 1. The summed E-state index contributed by atoms with van der Waals surface area (Å²) in [5.74, 6) is 1.92. The predicted molar refractivity (Wildman–Crippen MR) is 79.0 cm³/mol. The maximum Gasteiger partial charge on any atom is 0.0101 e. The molecule has 0 heterocycles. The minimum Gasteiger partial charge on any atom is -0.316 e. The van der Waals surface area contributed by atoms with Gasteiger partial charge in [0.25, 0.3) is 0 Å². The van der Waals surface area contributed by atoms with E-state index in [9.17, 15) is 0 Å². The lowest BCUT2D eigenvalue weighted by Crippen LogP contribution is -2.23. The number of aryl methyl sites for hydroxylation is 2. The van der Waals surface area contributed by atoms with E-state index in [0.717, 1.165) is 19.0 Å². The third-order valence-electron chi connectivity index (χ3n) is 2.77. The van der Waals surface area contributed by atoms with Crippen molar-refractivity contribution in [1.29, 1.82) is 0 Å². The first-order chi connectivity index (χ1) is 8.13. The van der Waals surface area contributed by atoms with Crippen LogP contribution in [0, 0.1) is 19.8 Å². The van der Waals surface area contributed by atoms with E-state index in [4.69, 9.17) is 0 Å². The highest BCUT2D eigenvalue weighted by Crippen LogP contribution is 2.24. The van der Waals surface area contributed by atoms with Gasteiger partial charge in [0.1, 0.15) is 0 Å². The number of hydrogen-bond donors (Lipinski definition) is 1. The van der Waals surface area contributed by atoms with Gasteiger partial charge in [0.05, 0.1) is 0 Å². The zero-order valence-corrected chi connectivity index (χ0v) is 12.4. The van der Waals surface area contributed by atoms with E-state index in [1.54, 1.807) is 0 Å². The third kappa shape index (κ3) is 5.60. The molecule has 0 fully saturated rings. The summed E-state index contributed by atoms with van der Waals surface area (Å²) in [6, 6.07) is 6.72. The van der Waals surface area contributed by atoms with E-state index in [1.165, 1.54) is 28.2 Å². The van der Waals surface area contributed by atoms with Gasteiger partial charge in [-0.25, -0.2) is 0 Å². The molecule has 1 unspecified atom stereocenters. The van der Waals surface area contributed by atoms with E-state index < -0.39 is 0 Å². The largest absolute Gasteiger partial charge is 0.316 e. The lowest BCUT2D eigenvalue weighted by Gasteiger charge is -2.13. The summed E-state index contributed by atoms with van der Waals surface area (Å²) in [7, 11) is 0. The second-order valence-corrected chi connectivity index (χ2v) is 5.95. The molecule has 0 saturated heterocycles. The molecule has 0 amide bonds. The van der Waals surface area contributed by atoms with Gasteiger partial charge in [0, 0.05) is 10.6 Å². The molecule has 0 bridgehead atoms. The average molecular weight is 251 g/mol. The molecule has 96 valence electrons. The number of thioether (sulfide) groups is 1. The van der Waals surface area contributed by atoms with Gasteiger partial charge in [0.15, 0.2) is 0 Å². The zero-order chi connectivity index (χ0) is 12.7. The van der Waals surface area contributed by atoms with Crippen LogP contribution in [0.4, 0.5) is 0 Å². The molecule has 1 nitrogen and oxygen atoms in total. The molecule has 0 aliphatic heterocycles. The van der Waals surface area contributed by atoms with Crippen LogP contribution < -0.4 is 5.32 Å². The van der Waals surface area contributed by atoms with Crippen molar-refractivity contribution in [2.24, 2.45) is 5.92 Å². The van der Waals surface area contributed by atoms with Gasteiger partial charge < -0.3 is 5.32 Å². The predicted octanol–water partition coefficient (Wildman–Crippen LogP) is 4.03. The minimum atomic E-state index is 0.729. The van der Waals surface area contributed by atoms with Crippen molar-refractivity contribution in [2.45, 2.75) is 39.0 Å². The fourth-order valence-corrected chi connectivity index (χ4v) is 2.81. The van der Waals surface area contributed by atoms with E-state index in [1.807, 2.05) is 11.8 Å². The minimum absolute atomic E-state index is 0.729. The van der Waals surface area contributed by atoms with Crippen molar-refractivity contribution in [2.75, 3.05) is 18.8 Å². The first-order valence-corrected chi connectivity index (χ1v) is 7.52. The van der Waals surface area contributed by atoms with Crippen molar-refractivity contribution in [1.82, 2.24) is 5.32 Å². The van der Waals surface area contributed by atoms with Crippen LogP contribution in [0.5, 0.6) is 0 Å². The van der Waals surface area contributed by atoms with Crippen LogP contribution in [0.2, 0.25) is 0 Å². The number of benzene rings is 1. The van der Waals surface area contributed by atoms with Crippen LogP contribution in [-0.4, -0.2) is 18.8 Å². The Morgan fingerprint density at radius 1 is 1.29 bits per heavy atom. The number of rotatable bonds is 7. The zero-order valence-electron chi connectivity index (χ0n) is 11.5. The monoisotopic (exact) mass is 251 g/mol. The van der Waals surface area contributed by atoms with Gasteiger partial charge in [-0.15, -0.1) is 11.8 Å². The quantitative estimate of drug-likeness (QED) is 0.580. The average Bonchev–Trinajstić information content (AvgIpc) is 2.28. The van der Waals surface area contributed by atoms with Crippen molar-refractivity contribution in [3.8, 4) is 0 Å². The summed E-state index contributed by atoms with van der Waals surface area (Å²) < 4.78 is 0. The Bertz CT molecular complexity index is 336. The molecule has 0 radical (unpaired) electrons. The molecule has 0 spiro atoms. The molecule has 1 aromatic carbocycles. The van der Waals surface area contributed by atoms with Gasteiger partial charge in [-0.3, -0.25) is 0 Å². The Balaban J connectivity index is 2.34. The van der Waals surface area contributed by atoms with Gasteiger partial charge >= 0.3 is 0 Å². The lowest BCUT2D eigenvalue weighted by atomic mass is 10.2. The smallest absolute Gasteiger partial charge is 0.0101 e. The van der Waals surface area contributed by atoms with Crippen LogP contribution in [0.15, 0.2) is 23.1 Å². The van der Waals surface area contributed by atoms with E-state index >= 15 is 0 Å². The normalized spacial score (nSPS) is 12.7. The molecule has 1 N–H and O–H groups in total. The molecule has 1 aromatic rings. The van der Waals surface area contributed by atoms with Crippen LogP contribution in [0.25, 0.3) is 0 Å². The standard InChI is InChI=1S/C15H25NS/c1-5-8-16-10-13(3)11-17-15-7-6-12(2)9-14(15)4/h6-7,9,13,16H,5,8,10-11H2,1-4H3. The van der Waals surface area contributed by atoms with Gasteiger partial charge in [-0.2, -0.15) is 0 Å². The maximum absolute atomic E-state index is 3.48. The Morgan fingerprint density at radius 3 is 2.71 bits per heavy atom. The van der Waals surface area contributed by atoms with Crippen LogP contribution in [0.1, 0.15) is 31.4 Å². The van der Waals surface area contributed by atoms with Crippen molar-refractivity contribution in [3.05, 3.63) is 29.3 Å². The van der Waals surface area contributed by atoms with E-state index in [0.29, 0.717) is 0 Å². The summed E-state index contributed by atoms with van der Waals surface area (Å²) >= 11 is 1.98. The van der Waals surface area contributed by atoms with Gasteiger partial charge in [-0.05, 0) is 50.9 Å². The second-order valence-electron chi connectivity index (χ2n) is 4.89. The fourth-order valence-electron chi connectivity index (χ4n) is 1.78. The Kier molecular flexibility index (Phi) is 6.68. The van der Waals surface area contributed by atoms with Crippen molar-refractivity contribution in [3.63, 3.8) is 0 Å². The van der Waals surface area contributed by atoms with Crippen LogP contribution in [-0.2, 0) is 0 Å². The molecule has 17 heavy (non-hydrogen) atoms. The SMILES string of the molecule is CCCNCC(C)CSc1ccc(C)cc1C. The lowest BCUT2D eigenvalue weighted by molar-refractivity contribution is 0.557. The number of hydrogen-bond acceptors (Lipinski definition) is 2. The van der Waals surface area contributed by atoms with Crippen molar-refractivity contribution < 1.29 is 0 Å². The summed E-state index contributed by atoms with van der Waals surface area (Å²) in [5, 5.41) is 3.48. The molecular weight excluding hydrogens is 226 g/mol. The molecule has 0 aromatic heterocycles. The van der Waals surface area contributed by atoms with Crippen LogP contribution in [0.3, 0.4) is 0 Å². The Labute approximate surface area is 110 Å².